The molecule has 0 saturated carbocycles. The summed E-state index contributed by atoms with van der Waals surface area (Å²) in [5.74, 6) is 0.527. The standard InChI is InChI=1S/C12H13NO2/c1-15-12-10(7-4-8-13-12)11(14)9-5-2-3-6-9/h2,4-5,7-9H,3,6H2,1H3. The fourth-order valence-electron chi connectivity index (χ4n) is 1.79. The number of allylic oxidation sites excluding steroid dienone is 2. The highest BCUT2D eigenvalue weighted by Gasteiger charge is 2.22. The van der Waals surface area contributed by atoms with Crippen LogP contribution < -0.4 is 4.74 Å². The molecule has 0 aliphatic heterocycles. The van der Waals surface area contributed by atoms with E-state index in [0.29, 0.717) is 11.4 Å². The van der Waals surface area contributed by atoms with Gasteiger partial charge in [-0.05, 0) is 25.0 Å². The Morgan fingerprint density at radius 1 is 1.60 bits per heavy atom. The second-order valence-electron chi connectivity index (χ2n) is 3.54. The highest BCUT2D eigenvalue weighted by Crippen LogP contribution is 2.25. The summed E-state index contributed by atoms with van der Waals surface area (Å²) in [5, 5.41) is 0. The Balaban J connectivity index is 2.28. The third-order valence-corrected chi connectivity index (χ3v) is 2.58. The Hall–Kier alpha value is -1.64. The van der Waals surface area contributed by atoms with Gasteiger partial charge in [-0.3, -0.25) is 4.79 Å². The summed E-state index contributed by atoms with van der Waals surface area (Å²) in [6.45, 7) is 0. The van der Waals surface area contributed by atoms with Crippen molar-refractivity contribution in [3.63, 3.8) is 0 Å². The van der Waals surface area contributed by atoms with Gasteiger partial charge in [0.15, 0.2) is 5.78 Å². The minimum Gasteiger partial charge on any atom is -0.480 e. The third kappa shape index (κ3) is 1.91. The van der Waals surface area contributed by atoms with Crippen molar-refractivity contribution in [2.45, 2.75) is 12.8 Å². The molecule has 0 N–H and O–H groups in total. The fraction of sp³-hybridized carbons (Fsp3) is 0.333. The van der Waals surface area contributed by atoms with Crippen LogP contribution in [0.4, 0.5) is 0 Å². The molecule has 78 valence electrons. The zero-order valence-electron chi connectivity index (χ0n) is 8.64. The Morgan fingerprint density at radius 2 is 2.47 bits per heavy atom. The summed E-state index contributed by atoms with van der Waals surface area (Å²) in [6.07, 6.45) is 7.52. The van der Waals surface area contributed by atoms with E-state index in [-0.39, 0.29) is 11.7 Å². The van der Waals surface area contributed by atoms with Gasteiger partial charge in [-0.2, -0.15) is 0 Å². The summed E-state index contributed by atoms with van der Waals surface area (Å²) < 4.78 is 5.07. The van der Waals surface area contributed by atoms with E-state index in [4.69, 9.17) is 4.74 Å². The van der Waals surface area contributed by atoms with E-state index in [1.807, 2.05) is 12.2 Å². The molecule has 1 aliphatic rings. The van der Waals surface area contributed by atoms with Crippen LogP contribution in [0.1, 0.15) is 23.2 Å². The molecule has 1 aliphatic carbocycles. The first kappa shape index (κ1) is 9.90. The number of hydrogen-bond acceptors (Lipinski definition) is 3. The lowest BCUT2D eigenvalue weighted by molar-refractivity contribution is 0.0941. The Labute approximate surface area is 88.8 Å². The normalized spacial score (nSPS) is 19.1. The molecule has 3 heteroatoms. The zero-order valence-corrected chi connectivity index (χ0v) is 8.64. The van der Waals surface area contributed by atoms with Gasteiger partial charge in [0.25, 0.3) is 0 Å². The summed E-state index contributed by atoms with van der Waals surface area (Å²) in [7, 11) is 1.53. The summed E-state index contributed by atoms with van der Waals surface area (Å²) in [5.41, 5.74) is 0.580. The molecular weight excluding hydrogens is 190 g/mol. The van der Waals surface area contributed by atoms with Crippen molar-refractivity contribution in [1.29, 1.82) is 0 Å². The number of nitrogens with zero attached hydrogens (tertiary/aromatic N) is 1. The topological polar surface area (TPSA) is 39.2 Å². The van der Waals surface area contributed by atoms with Crippen LogP contribution in [0, 0.1) is 5.92 Å². The highest BCUT2D eigenvalue weighted by atomic mass is 16.5. The number of methoxy groups -OCH3 is 1. The van der Waals surface area contributed by atoms with E-state index in [1.165, 1.54) is 7.11 Å². The minimum absolute atomic E-state index is 0.00287. The predicted octanol–water partition coefficient (Wildman–Crippen LogP) is 2.24. The second-order valence-corrected chi connectivity index (χ2v) is 3.54. The highest BCUT2D eigenvalue weighted by molar-refractivity contribution is 6.00. The SMILES string of the molecule is COc1ncccc1C(=O)C1C=CCC1. The van der Waals surface area contributed by atoms with Crippen molar-refractivity contribution < 1.29 is 9.53 Å². The molecule has 0 spiro atoms. The first-order valence-electron chi connectivity index (χ1n) is 5.03. The quantitative estimate of drug-likeness (QED) is 0.558. The van der Waals surface area contributed by atoms with Gasteiger partial charge in [0.05, 0.1) is 12.7 Å². The van der Waals surface area contributed by atoms with Crippen LogP contribution in [0.5, 0.6) is 5.88 Å². The maximum atomic E-state index is 12.1. The molecule has 1 atom stereocenters. The first-order valence-corrected chi connectivity index (χ1v) is 5.03. The number of carbonyl (C=O) groups is 1. The van der Waals surface area contributed by atoms with Crippen molar-refractivity contribution in [2.24, 2.45) is 5.92 Å². The minimum atomic E-state index is 0.00287. The molecule has 1 heterocycles. The van der Waals surface area contributed by atoms with Crippen LogP contribution in [0.25, 0.3) is 0 Å². The molecule has 0 amide bonds. The van der Waals surface area contributed by atoms with Crippen molar-refractivity contribution >= 4 is 5.78 Å². The average molecular weight is 203 g/mol. The molecule has 0 aromatic carbocycles. The largest absolute Gasteiger partial charge is 0.480 e. The van der Waals surface area contributed by atoms with Crippen molar-refractivity contribution in [3.05, 3.63) is 36.0 Å². The Morgan fingerprint density at radius 3 is 3.13 bits per heavy atom. The Kier molecular flexibility index (Phi) is 2.81. The molecule has 0 radical (unpaired) electrons. The number of rotatable bonds is 3. The second kappa shape index (κ2) is 4.26. The predicted molar refractivity (Wildman–Crippen MR) is 57.0 cm³/mol. The van der Waals surface area contributed by atoms with E-state index in [0.717, 1.165) is 12.8 Å². The monoisotopic (exact) mass is 203 g/mol. The van der Waals surface area contributed by atoms with Crippen LogP contribution in [-0.4, -0.2) is 17.9 Å². The van der Waals surface area contributed by atoms with E-state index < -0.39 is 0 Å². The third-order valence-electron chi connectivity index (χ3n) is 2.58. The number of Topliss-reactive ketones (excluding diaryl/α,β-unsaturated/α-hetero) is 1. The molecule has 0 fully saturated rings. The van der Waals surface area contributed by atoms with Gasteiger partial charge in [-0.25, -0.2) is 4.98 Å². The average Bonchev–Trinajstić information content (AvgIpc) is 2.81. The summed E-state index contributed by atoms with van der Waals surface area (Å²) >= 11 is 0. The fourth-order valence-corrected chi connectivity index (χ4v) is 1.79. The van der Waals surface area contributed by atoms with Gasteiger partial charge >= 0.3 is 0 Å². The number of ether oxygens (including phenoxy) is 1. The number of pyridine rings is 1. The van der Waals surface area contributed by atoms with Gasteiger partial charge < -0.3 is 4.74 Å². The number of carbonyl (C=O) groups excluding carboxylic acids is 1. The first-order chi connectivity index (χ1) is 7.33. The summed E-state index contributed by atoms with van der Waals surface area (Å²) in [4.78, 5) is 16.1. The van der Waals surface area contributed by atoms with Crippen LogP contribution in [-0.2, 0) is 0 Å². The molecule has 1 aromatic rings. The van der Waals surface area contributed by atoms with E-state index in [2.05, 4.69) is 4.98 Å². The van der Waals surface area contributed by atoms with Crippen LogP contribution in [0.2, 0.25) is 0 Å². The van der Waals surface area contributed by atoms with Crippen LogP contribution >= 0.6 is 0 Å². The van der Waals surface area contributed by atoms with Gasteiger partial charge in [-0.1, -0.05) is 12.2 Å². The Bertz CT molecular complexity index is 398. The molecule has 15 heavy (non-hydrogen) atoms. The molecule has 1 aromatic heterocycles. The zero-order chi connectivity index (χ0) is 10.7. The van der Waals surface area contributed by atoms with Crippen LogP contribution in [0.15, 0.2) is 30.5 Å². The lowest BCUT2D eigenvalue weighted by Crippen LogP contribution is -2.12. The lowest BCUT2D eigenvalue weighted by Gasteiger charge is -2.09. The molecular formula is C12H13NO2. The number of hydrogen-bond donors (Lipinski definition) is 0. The molecule has 2 rings (SSSR count). The smallest absolute Gasteiger partial charge is 0.224 e. The molecule has 0 saturated heterocycles. The van der Waals surface area contributed by atoms with Gasteiger partial charge in [0.1, 0.15) is 0 Å². The van der Waals surface area contributed by atoms with Gasteiger partial charge in [-0.15, -0.1) is 0 Å². The molecule has 1 unspecified atom stereocenters. The van der Waals surface area contributed by atoms with E-state index in [1.54, 1.807) is 18.3 Å². The van der Waals surface area contributed by atoms with Crippen molar-refractivity contribution in [3.8, 4) is 5.88 Å². The maximum Gasteiger partial charge on any atom is 0.224 e. The molecule has 3 nitrogen and oxygen atoms in total. The lowest BCUT2D eigenvalue weighted by atomic mass is 9.98. The number of ketones is 1. The van der Waals surface area contributed by atoms with E-state index in [9.17, 15) is 4.79 Å². The van der Waals surface area contributed by atoms with Gasteiger partial charge in [0, 0.05) is 12.1 Å². The van der Waals surface area contributed by atoms with Crippen molar-refractivity contribution in [2.75, 3.05) is 7.11 Å². The molecule has 0 bridgehead atoms. The van der Waals surface area contributed by atoms with E-state index >= 15 is 0 Å². The summed E-state index contributed by atoms with van der Waals surface area (Å²) in [6, 6.07) is 3.52. The van der Waals surface area contributed by atoms with Crippen molar-refractivity contribution in [1.82, 2.24) is 4.98 Å². The number of aromatic nitrogens is 1. The maximum absolute atomic E-state index is 12.1. The van der Waals surface area contributed by atoms with Crippen LogP contribution in [0.3, 0.4) is 0 Å². The van der Waals surface area contributed by atoms with Gasteiger partial charge in [0.2, 0.25) is 5.88 Å².